The zero-order valence-corrected chi connectivity index (χ0v) is 21.6. The first-order chi connectivity index (χ1) is 18.7. The molecule has 0 saturated heterocycles. The first-order valence-corrected chi connectivity index (χ1v) is 14.5. The van der Waals surface area contributed by atoms with Gasteiger partial charge >= 0.3 is 0 Å². The molecule has 3 heteroatoms. The van der Waals surface area contributed by atoms with Crippen molar-refractivity contribution in [3.8, 4) is 11.1 Å². The van der Waals surface area contributed by atoms with Crippen molar-refractivity contribution in [2.24, 2.45) is 0 Å². The van der Waals surface area contributed by atoms with Gasteiger partial charge in [-0.1, -0.05) is 133 Å². The number of nitrogens with zero attached hydrogens (tertiary/aromatic N) is 1. The lowest BCUT2D eigenvalue weighted by Crippen LogP contribution is -2.25. The van der Waals surface area contributed by atoms with Crippen LogP contribution >= 0.6 is 7.14 Å². The Morgan fingerprint density at radius 2 is 0.974 bits per heavy atom. The van der Waals surface area contributed by atoms with E-state index in [2.05, 4.69) is 78.9 Å². The molecule has 0 aliphatic carbocycles. The Bertz CT molecular complexity index is 1940. The SMILES string of the molecule is O=P(c1ccccc1)(c1ccc(-c2c3ccccc3nc3ccccc23)cc1)c1cccc2ccccc12. The third-order valence-electron chi connectivity index (χ3n) is 7.33. The lowest BCUT2D eigenvalue weighted by Gasteiger charge is -2.22. The number of benzene rings is 6. The number of pyridine rings is 1. The largest absolute Gasteiger partial charge is 0.309 e. The first-order valence-electron chi connectivity index (χ1n) is 12.8. The van der Waals surface area contributed by atoms with E-state index in [0.717, 1.165) is 59.6 Å². The number of para-hydroxylation sites is 2. The van der Waals surface area contributed by atoms with Gasteiger partial charge in [-0.3, -0.25) is 0 Å². The summed E-state index contributed by atoms with van der Waals surface area (Å²) in [7, 11) is -3.14. The van der Waals surface area contributed by atoms with Crippen LogP contribution < -0.4 is 15.9 Å². The molecule has 7 rings (SSSR count). The van der Waals surface area contributed by atoms with Crippen molar-refractivity contribution in [1.29, 1.82) is 0 Å². The van der Waals surface area contributed by atoms with Crippen molar-refractivity contribution in [2.45, 2.75) is 0 Å². The van der Waals surface area contributed by atoms with Crippen LogP contribution in [0, 0.1) is 0 Å². The molecule has 7 aromatic rings. The van der Waals surface area contributed by atoms with Crippen LogP contribution in [-0.4, -0.2) is 4.98 Å². The lowest BCUT2D eigenvalue weighted by molar-refractivity contribution is 0.592. The Morgan fingerprint density at radius 3 is 1.66 bits per heavy atom. The van der Waals surface area contributed by atoms with E-state index in [9.17, 15) is 0 Å². The molecule has 0 aliphatic rings. The molecule has 0 spiro atoms. The Labute approximate surface area is 221 Å². The molecule has 0 radical (unpaired) electrons. The lowest BCUT2D eigenvalue weighted by atomic mass is 9.96. The Morgan fingerprint density at radius 1 is 0.447 bits per heavy atom. The molecule has 0 N–H and O–H groups in total. The molecule has 0 aliphatic heterocycles. The van der Waals surface area contributed by atoms with E-state index in [1.54, 1.807) is 0 Å². The molecular weight excluding hydrogens is 481 g/mol. The third kappa shape index (κ3) is 3.57. The van der Waals surface area contributed by atoms with Crippen LogP contribution in [-0.2, 0) is 4.57 Å². The van der Waals surface area contributed by atoms with Crippen LogP contribution in [0.25, 0.3) is 43.7 Å². The van der Waals surface area contributed by atoms with Gasteiger partial charge in [0.1, 0.15) is 0 Å². The number of hydrogen-bond acceptors (Lipinski definition) is 2. The maximum absolute atomic E-state index is 15.3. The average Bonchev–Trinajstić information content (AvgIpc) is 3.00. The fraction of sp³-hybridized carbons (Fsp3) is 0. The average molecular weight is 506 g/mol. The smallest absolute Gasteiger partial charge is 0.171 e. The van der Waals surface area contributed by atoms with Crippen LogP contribution in [0.4, 0.5) is 0 Å². The highest BCUT2D eigenvalue weighted by molar-refractivity contribution is 7.85. The summed E-state index contributed by atoms with van der Waals surface area (Å²) in [6.07, 6.45) is 0. The van der Waals surface area contributed by atoms with E-state index in [1.807, 2.05) is 66.7 Å². The third-order valence-corrected chi connectivity index (χ3v) is 10.5. The summed E-state index contributed by atoms with van der Waals surface area (Å²) in [6, 6.07) is 49.1. The van der Waals surface area contributed by atoms with Crippen molar-refractivity contribution >= 4 is 55.6 Å². The van der Waals surface area contributed by atoms with Gasteiger partial charge in [0.25, 0.3) is 0 Å². The number of rotatable bonds is 4. The van der Waals surface area contributed by atoms with E-state index in [1.165, 1.54) is 0 Å². The van der Waals surface area contributed by atoms with E-state index < -0.39 is 7.14 Å². The van der Waals surface area contributed by atoms with Gasteiger partial charge in [-0.25, -0.2) is 4.98 Å². The molecular formula is C35H24NOP. The number of aromatic nitrogens is 1. The Hall–Kier alpha value is -4.52. The van der Waals surface area contributed by atoms with Crippen LogP contribution in [0.5, 0.6) is 0 Å². The van der Waals surface area contributed by atoms with Crippen molar-refractivity contribution in [3.05, 3.63) is 146 Å². The highest BCUT2D eigenvalue weighted by atomic mass is 31.2. The minimum absolute atomic E-state index is 0.825. The topological polar surface area (TPSA) is 30.0 Å². The second-order valence-corrected chi connectivity index (χ2v) is 12.2. The van der Waals surface area contributed by atoms with E-state index in [-0.39, 0.29) is 0 Å². The first kappa shape index (κ1) is 22.7. The minimum atomic E-state index is -3.14. The van der Waals surface area contributed by atoms with Gasteiger partial charge in [0.15, 0.2) is 7.14 Å². The van der Waals surface area contributed by atoms with Gasteiger partial charge in [-0.15, -0.1) is 0 Å². The molecule has 2 nitrogen and oxygen atoms in total. The zero-order valence-electron chi connectivity index (χ0n) is 20.7. The molecule has 180 valence electrons. The van der Waals surface area contributed by atoms with Gasteiger partial charge in [-0.05, 0) is 28.5 Å². The molecule has 0 fully saturated rings. The van der Waals surface area contributed by atoms with Crippen molar-refractivity contribution < 1.29 is 4.57 Å². The summed E-state index contributed by atoms with van der Waals surface area (Å²) < 4.78 is 15.3. The Kier molecular flexibility index (Phi) is 5.43. The van der Waals surface area contributed by atoms with Crippen LogP contribution in [0.3, 0.4) is 0 Å². The monoisotopic (exact) mass is 505 g/mol. The summed E-state index contributed by atoms with van der Waals surface area (Å²) in [5.74, 6) is 0. The predicted molar refractivity (Wildman–Crippen MR) is 162 cm³/mol. The maximum atomic E-state index is 15.3. The van der Waals surface area contributed by atoms with Gasteiger partial charge in [-0.2, -0.15) is 0 Å². The zero-order chi connectivity index (χ0) is 25.5. The number of hydrogen-bond donors (Lipinski definition) is 0. The quantitative estimate of drug-likeness (QED) is 0.180. The normalized spacial score (nSPS) is 13.1. The standard InChI is InChI=1S/C35H24NOP/c37-38(27-13-2-1-3-14-27,34-20-10-12-25-11-4-5-15-29(25)34)28-23-21-26(22-24-28)35-30-16-6-8-18-32(30)36-33-19-9-7-17-31(33)35/h1-24H. The summed E-state index contributed by atoms with van der Waals surface area (Å²) >= 11 is 0. The summed E-state index contributed by atoms with van der Waals surface area (Å²) in [4.78, 5) is 4.88. The summed E-state index contributed by atoms with van der Waals surface area (Å²) in [5.41, 5.74) is 4.17. The summed E-state index contributed by atoms with van der Waals surface area (Å²) in [6.45, 7) is 0. The fourth-order valence-electron chi connectivity index (χ4n) is 5.54. The van der Waals surface area contributed by atoms with Crippen LogP contribution in [0.1, 0.15) is 0 Å². The maximum Gasteiger partial charge on any atom is 0.171 e. The molecule has 38 heavy (non-hydrogen) atoms. The molecule has 1 unspecified atom stereocenters. The Balaban J connectivity index is 1.47. The molecule has 0 saturated carbocycles. The van der Waals surface area contributed by atoms with Crippen molar-refractivity contribution in [1.82, 2.24) is 4.98 Å². The van der Waals surface area contributed by atoms with Crippen molar-refractivity contribution in [2.75, 3.05) is 0 Å². The molecule has 1 heterocycles. The molecule has 1 aromatic heterocycles. The minimum Gasteiger partial charge on any atom is -0.309 e. The fourth-order valence-corrected chi connectivity index (χ4v) is 8.39. The predicted octanol–water partition coefficient (Wildman–Crippen LogP) is 7.85. The van der Waals surface area contributed by atoms with E-state index in [0.29, 0.717) is 0 Å². The van der Waals surface area contributed by atoms with Crippen LogP contribution in [0.15, 0.2) is 146 Å². The second kappa shape index (κ2) is 9.10. The molecule has 6 aromatic carbocycles. The van der Waals surface area contributed by atoms with Gasteiger partial charge < -0.3 is 4.57 Å². The van der Waals surface area contributed by atoms with Gasteiger partial charge in [0, 0.05) is 32.2 Å². The molecule has 0 amide bonds. The molecule has 1 atom stereocenters. The van der Waals surface area contributed by atoms with E-state index >= 15 is 4.57 Å². The van der Waals surface area contributed by atoms with Crippen molar-refractivity contribution in [3.63, 3.8) is 0 Å². The summed E-state index contributed by atoms with van der Waals surface area (Å²) in [5, 5.41) is 6.87. The second-order valence-electron chi connectivity index (χ2n) is 9.51. The highest BCUT2D eigenvalue weighted by Crippen LogP contribution is 2.45. The van der Waals surface area contributed by atoms with Gasteiger partial charge in [0.2, 0.25) is 0 Å². The number of fused-ring (bicyclic) bond motifs is 3. The van der Waals surface area contributed by atoms with Gasteiger partial charge in [0.05, 0.1) is 11.0 Å². The van der Waals surface area contributed by atoms with E-state index in [4.69, 9.17) is 4.98 Å². The molecule has 0 bridgehead atoms. The van der Waals surface area contributed by atoms with Crippen LogP contribution in [0.2, 0.25) is 0 Å². The highest BCUT2D eigenvalue weighted by Gasteiger charge is 2.31.